The zero-order chi connectivity index (χ0) is 27.9. The molecule has 3 aliphatic rings. The Morgan fingerprint density at radius 3 is 2.62 bits per heavy atom. The predicted octanol–water partition coefficient (Wildman–Crippen LogP) is 3.51. The van der Waals surface area contributed by atoms with Crippen molar-refractivity contribution in [1.29, 1.82) is 0 Å². The molecule has 1 amide bonds. The summed E-state index contributed by atoms with van der Waals surface area (Å²) in [5.41, 5.74) is 2.81. The molecule has 1 aromatic carbocycles. The number of rotatable bonds is 9. The van der Waals surface area contributed by atoms with Crippen molar-refractivity contribution in [1.82, 2.24) is 20.2 Å². The molecule has 0 saturated carbocycles. The number of benzene rings is 1. The number of aryl methyl sites for hydroxylation is 1. The van der Waals surface area contributed by atoms with Gasteiger partial charge in [-0.1, -0.05) is 29.8 Å². The summed E-state index contributed by atoms with van der Waals surface area (Å²) in [4.78, 5) is 24.1. The number of nitrogens with one attached hydrogen (secondary N) is 2. The number of hydrogen-bond donors (Lipinski definition) is 2. The van der Waals surface area contributed by atoms with Crippen molar-refractivity contribution in [3.63, 3.8) is 0 Å². The van der Waals surface area contributed by atoms with Crippen molar-refractivity contribution in [2.45, 2.75) is 75.8 Å². The smallest absolute Gasteiger partial charge is 0.318 e. The maximum absolute atomic E-state index is 13.4. The first-order chi connectivity index (χ1) is 19.5. The third-order valence-corrected chi connectivity index (χ3v) is 8.26. The highest BCUT2D eigenvalue weighted by atomic mass is 16.5. The maximum atomic E-state index is 13.4. The number of methoxy groups -OCH3 is 2. The molecule has 0 aliphatic carbocycles. The van der Waals surface area contributed by atoms with E-state index in [9.17, 15) is 4.79 Å². The predicted molar refractivity (Wildman–Crippen MR) is 152 cm³/mol. The number of aromatic nitrogens is 2. The number of anilines is 1. The fraction of sp³-hybridized carbons (Fsp3) is 0.633. The molecule has 5 rings (SSSR count). The van der Waals surface area contributed by atoms with E-state index in [-0.39, 0.29) is 36.3 Å². The van der Waals surface area contributed by atoms with Gasteiger partial charge in [0.05, 0.1) is 32.0 Å². The average molecular weight is 554 g/mol. The van der Waals surface area contributed by atoms with Gasteiger partial charge in [0.25, 0.3) is 5.91 Å². The second-order valence-electron chi connectivity index (χ2n) is 11.1. The Bertz CT molecular complexity index is 1110. The number of nitrogens with zero attached hydrogens (tertiary/aromatic N) is 3. The number of piperidine rings is 1. The largest absolute Gasteiger partial charge is 0.467 e. The minimum atomic E-state index is -0.101. The summed E-state index contributed by atoms with van der Waals surface area (Å²) in [6.07, 6.45) is 6.03. The zero-order valence-electron chi connectivity index (χ0n) is 23.9. The number of carbonyl (C=O) groups excluding carboxylic acids is 1. The summed E-state index contributed by atoms with van der Waals surface area (Å²) >= 11 is 0. The van der Waals surface area contributed by atoms with E-state index in [1.165, 1.54) is 18.2 Å². The fourth-order valence-corrected chi connectivity index (χ4v) is 5.86. The summed E-state index contributed by atoms with van der Waals surface area (Å²) in [5.74, 6) is 0.467. The van der Waals surface area contributed by atoms with Crippen LogP contribution in [-0.2, 0) is 14.2 Å². The topological polar surface area (TPSA) is 107 Å². The lowest BCUT2D eigenvalue weighted by atomic mass is 9.97. The first kappa shape index (κ1) is 28.7. The lowest BCUT2D eigenvalue weighted by Gasteiger charge is -2.38. The molecule has 3 fully saturated rings. The molecule has 0 spiro atoms. The molecule has 40 heavy (non-hydrogen) atoms. The van der Waals surface area contributed by atoms with Crippen molar-refractivity contribution < 1.29 is 23.7 Å². The Morgan fingerprint density at radius 2 is 1.88 bits per heavy atom. The number of amides is 1. The molecule has 1 aromatic heterocycles. The second-order valence-corrected chi connectivity index (χ2v) is 11.1. The Labute approximate surface area is 237 Å². The third kappa shape index (κ3) is 7.28. The Balaban J connectivity index is 1.15. The van der Waals surface area contributed by atoms with E-state index in [2.05, 4.69) is 51.8 Å². The summed E-state index contributed by atoms with van der Waals surface area (Å²) in [7, 11) is 3.25. The van der Waals surface area contributed by atoms with Gasteiger partial charge in [-0.3, -0.25) is 4.79 Å². The van der Waals surface area contributed by atoms with Gasteiger partial charge >= 0.3 is 6.01 Å². The highest BCUT2D eigenvalue weighted by Gasteiger charge is 2.31. The lowest BCUT2D eigenvalue weighted by molar-refractivity contribution is -0.0533. The van der Waals surface area contributed by atoms with E-state index < -0.39 is 0 Å². The Kier molecular flexibility index (Phi) is 9.85. The monoisotopic (exact) mass is 553 g/mol. The summed E-state index contributed by atoms with van der Waals surface area (Å²) < 4.78 is 22.9. The van der Waals surface area contributed by atoms with Crippen LogP contribution in [-0.4, -0.2) is 92.1 Å². The minimum Gasteiger partial charge on any atom is -0.467 e. The standard InChI is InChI=1S/C30H43N5O5/c1-20-7-9-21(10-8-20)26-6-4-5-23(40-26)18-31-28-17-25(33-30(34-28)38-3)29(36)35-14-11-22(12-15-35)32-24-13-16-39-19-27(24)37-2/h7-10,17,22-24,26-27,32H,4-6,11-16,18-19H2,1-3H3,(H,31,33,34). The lowest BCUT2D eigenvalue weighted by Crippen LogP contribution is -2.54. The van der Waals surface area contributed by atoms with E-state index in [4.69, 9.17) is 18.9 Å². The molecule has 4 heterocycles. The average Bonchev–Trinajstić information content (AvgIpc) is 3.00. The van der Waals surface area contributed by atoms with E-state index in [1.807, 2.05) is 4.90 Å². The van der Waals surface area contributed by atoms with Crippen molar-refractivity contribution >= 4 is 11.7 Å². The van der Waals surface area contributed by atoms with Crippen LogP contribution in [0.25, 0.3) is 0 Å². The van der Waals surface area contributed by atoms with Gasteiger partial charge in [0.1, 0.15) is 11.5 Å². The summed E-state index contributed by atoms with van der Waals surface area (Å²) in [6.45, 7) is 5.41. The van der Waals surface area contributed by atoms with Crippen LogP contribution in [0.3, 0.4) is 0 Å². The van der Waals surface area contributed by atoms with E-state index >= 15 is 0 Å². The van der Waals surface area contributed by atoms with Crippen molar-refractivity contribution in [2.75, 3.05) is 52.4 Å². The highest BCUT2D eigenvalue weighted by molar-refractivity contribution is 5.93. The van der Waals surface area contributed by atoms with Gasteiger partial charge < -0.3 is 34.5 Å². The van der Waals surface area contributed by atoms with Crippen LogP contribution >= 0.6 is 0 Å². The van der Waals surface area contributed by atoms with Crippen molar-refractivity contribution in [3.8, 4) is 6.01 Å². The molecule has 0 radical (unpaired) electrons. The van der Waals surface area contributed by atoms with E-state index in [0.29, 0.717) is 43.8 Å². The molecule has 2 aromatic rings. The number of likely N-dealkylation sites (tertiary alicyclic amines) is 1. The highest BCUT2D eigenvalue weighted by Crippen LogP contribution is 2.31. The van der Waals surface area contributed by atoms with Gasteiger partial charge in [0, 0.05) is 51.5 Å². The molecule has 3 aliphatic heterocycles. The molecule has 10 nitrogen and oxygen atoms in total. The van der Waals surface area contributed by atoms with Gasteiger partial charge in [-0.15, -0.1) is 0 Å². The van der Waals surface area contributed by atoms with Crippen LogP contribution in [0.2, 0.25) is 0 Å². The number of hydrogen-bond acceptors (Lipinski definition) is 9. The molecular formula is C30H43N5O5. The fourth-order valence-electron chi connectivity index (χ4n) is 5.86. The Morgan fingerprint density at radius 1 is 1.07 bits per heavy atom. The molecule has 4 unspecified atom stereocenters. The van der Waals surface area contributed by atoms with Gasteiger partial charge in [0.15, 0.2) is 0 Å². The molecule has 2 N–H and O–H groups in total. The first-order valence-corrected chi connectivity index (χ1v) is 14.6. The third-order valence-electron chi connectivity index (χ3n) is 8.26. The van der Waals surface area contributed by atoms with Gasteiger partial charge in [-0.2, -0.15) is 9.97 Å². The van der Waals surface area contributed by atoms with E-state index in [0.717, 1.165) is 45.1 Å². The van der Waals surface area contributed by atoms with Gasteiger partial charge in [-0.05, 0) is 51.0 Å². The second kappa shape index (κ2) is 13.7. The summed E-state index contributed by atoms with van der Waals surface area (Å²) in [6, 6.07) is 11.1. The Hall–Kier alpha value is -2.79. The van der Waals surface area contributed by atoms with Crippen LogP contribution in [0.5, 0.6) is 6.01 Å². The van der Waals surface area contributed by atoms with Crippen LogP contribution < -0.4 is 15.4 Å². The normalized spacial score (nSPS) is 25.9. The first-order valence-electron chi connectivity index (χ1n) is 14.6. The van der Waals surface area contributed by atoms with Crippen molar-refractivity contribution in [2.24, 2.45) is 0 Å². The van der Waals surface area contributed by atoms with Crippen LogP contribution in [0, 0.1) is 6.92 Å². The van der Waals surface area contributed by atoms with E-state index in [1.54, 1.807) is 13.2 Å². The number of carbonyl (C=O) groups is 1. The molecule has 4 atom stereocenters. The van der Waals surface area contributed by atoms with Gasteiger partial charge in [0.2, 0.25) is 0 Å². The molecular weight excluding hydrogens is 510 g/mol. The summed E-state index contributed by atoms with van der Waals surface area (Å²) in [5, 5.41) is 7.11. The molecule has 0 bridgehead atoms. The van der Waals surface area contributed by atoms with Crippen LogP contribution in [0.1, 0.15) is 66.2 Å². The SMILES string of the molecule is COc1nc(NCC2CCCC(c3ccc(C)cc3)O2)cc(C(=O)N2CCC(NC3CCOCC3OC)CC2)n1. The molecule has 218 valence electrons. The molecule has 3 saturated heterocycles. The molecule has 10 heteroatoms. The quantitative estimate of drug-likeness (QED) is 0.482. The minimum absolute atomic E-state index is 0.0557. The van der Waals surface area contributed by atoms with Crippen LogP contribution in [0.4, 0.5) is 5.82 Å². The number of ether oxygens (including phenoxy) is 4. The van der Waals surface area contributed by atoms with Crippen LogP contribution in [0.15, 0.2) is 30.3 Å². The van der Waals surface area contributed by atoms with Crippen molar-refractivity contribution in [3.05, 3.63) is 47.2 Å². The maximum Gasteiger partial charge on any atom is 0.318 e. The zero-order valence-corrected chi connectivity index (χ0v) is 23.9. The van der Waals surface area contributed by atoms with Gasteiger partial charge in [-0.25, -0.2) is 0 Å².